The maximum absolute atomic E-state index is 13.1. The second kappa shape index (κ2) is 6.73. The van der Waals surface area contributed by atoms with Crippen molar-refractivity contribution in [2.75, 3.05) is 11.4 Å². The summed E-state index contributed by atoms with van der Waals surface area (Å²) in [6, 6.07) is 8.65. The maximum atomic E-state index is 13.1. The highest BCUT2D eigenvalue weighted by Gasteiger charge is 2.41. The SMILES string of the molecule is CCN1C(=C2SC(=S)N(C3CCCCC3)C2=O)Sc2ccccc21. The molecule has 1 aromatic carbocycles. The summed E-state index contributed by atoms with van der Waals surface area (Å²) in [5, 5.41) is 1.05. The average Bonchev–Trinajstić information content (AvgIpc) is 3.12. The summed E-state index contributed by atoms with van der Waals surface area (Å²) in [5.74, 6) is 0.116. The molecule has 2 aliphatic heterocycles. The van der Waals surface area contributed by atoms with E-state index in [0.717, 1.165) is 33.6 Å². The zero-order chi connectivity index (χ0) is 16.7. The summed E-state index contributed by atoms with van der Waals surface area (Å²) in [6.07, 6.45) is 5.85. The van der Waals surface area contributed by atoms with Gasteiger partial charge in [0.25, 0.3) is 5.91 Å². The molecule has 1 aromatic rings. The Morgan fingerprint density at radius 1 is 1.17 bits per heavy atom. The third kappa shape index (κ3) is 2.68. The van der Waals surface area contributed by atoms with Crippen LogP contribution in [-0.4, -0.2) is 27.7 Å². The zero-order valence-electron chi connectivity index (χ0n) is 13.7. The van der Waals surface area contributed by atoms with Gasteiger partial charge in [0.2, 0.25) is 0 Å². The number of thioether (sulfide) groups is 2. The van der Waals surface area contributed by atoms with Crippen molar-refractivity contribution in [2.24, 2.45) is 0 Å². The van der Waals surface area contributed by atoms with Crippen LogP contribution in [0.3, 0.4) is 0 Å². The number of anilines is 1. The molecule has 0 unspecified atom stereocenters. The van der Waals surface area contributed by atoms with E-state index in [0.29, 0.717) is 6.04 Å². The number of rotatable bonds is 2. The van der Waals surface area contributed by atoms with E-state index in [1.807, 2.05) is 4.90 Å². The molecule has 24 heavy (non-hydrogen) atoms. The third-order valence-corrected chi connectivity index (χ3v) is 7.56. The van der Waals surface area contributed by atoms with Crippen LogP contribution in [0.4, 0.5) is 5.69 Å². The second-order valence-corrected chi connectivity index (χ2v) is 8.96. The quantitative estimate of drug-likeness (QED) is 0.535. The van der Waals surface area contributed by atoms with E-state index in [4.69, 9.17) is 12.2 Å². The minimum absolute atomic E-state index is 0.116. The molecule has 2 fully saturated rings. The van der Waals surface area contributed by atoms with E-state index in [1.165, 1.54) is 41.6 Å². The molecular weight excluding hydrogens is 356 g/mol. The molecule has 1 amide bonds. The number of amides is 1. The molecule has 4 rings (SSSR count). The van der Waals surface area contributed by atoms with Crippen LogP contribution >= 0.6 is 35.7 Å². The molecule has 3 nitrogen and oxygen atoms in total. The fourth-order valence-corrected chi connectivity index (χ4v) is 6.46. The number of carbonyl (C=O) groups is 1. The molecule has 1 saturated heterocycles. The maximum Gasteiger partial charge on any atom is 0.269 e. The van der Waals surface area contributed by atoms with Crippen molar-refractivity contribution in [1.82, 2.24) is 4.90 Å². The summed E-state index contributed by atoms with van der Waals surface area (Å²) < 4.78 is 0.738. The lowest BCUT2D eigenvalue weighted by molar-refractivity contribution is -0.124. The Labute approximate surface area is 156 Å². The van der Waals surface area contributed by atoms with Crippen LogP contribution in [0.15, 0.2) is 39.1 Å². The molecule has 0 radical (unpaired) electrons. The van der Waals surface area contributed by atoms with Gasteiger partial charge in [0, 0.05) is 17.5 Å². The fourth-order valence-electron chi connectivity index (χ4n) is 3.68. The number of para-hydroxylation sites is 1. The van der Waals surface area contributed by atoms with Crippen LogP contribution in [0.1, 0.15) is 39.0 Å². The first-order valence-electron chi connectivity index (χ1n) is 8.54. The minimum Gasteiger partial charge on any atom is -0.334 e. The number of thiocarbonyl (C=S) groups is 1. The number of carbonyl (C=O) groups excluding carboxylic acids is 1. The van der Waals surface area contributed by atoms with Gasteiger partial charge >= 0.3 is 0 Å². The first-order valence-corrected chi connectivity index (χ1v) is 10.6. The van der Waals surface area contributed by atoms with E-state index in [9.17, 15) is 4.79 Å². The first kappa shape index (κ1) is 16.5. The van der Waals surface area contributed by atoms with Gasteiger partial charge < -0.3 is 4.90 Å². The zero-order valence-corrected chi connectivity index (χ0v) is 16.1. The number of hydrogen-bond donors (Lipinski definition) is 0. The summed E-state index contributed by atoms with van der Waals surface area (Å²) >= 11 is 8.76. The molecule has 2 heterocycles. The van der Waals surface area contributed by atoms with Gasteiger partial charge in [-0.3, -0.25) is 9.69 Å². The van der Waals surface area contributed by atoms with Gasteiger partial charge in [-0.15, -0.1) is 0 Å². The predicted octanol–water partition coefficient (Wildman–Crippen LogP) is 4.98. The van der Waals surface area contributed by atoms with Crippen LogP contribution in [0.25, 0.3) is 0 Å². The van der Waals surface area contributed by atoms with E-state index in [-0.39, 0.29) is 5.91 Å². The van der Waals surface area contributed by atoms with Crippen LogP contribution in [0.5, 0.6) is 0 Å². The highest BCUT2D eigenvalue weighted by Crippen LogP contribution is 2.51. The van der Waals surface area contributed by atoms with E-state index in [1.54, 1.807) is 11.8 Å². The predicted molar refractivity (Wildman–Crippen MR) is 106 cm³/mol. The van der Waals surface area contributed by atoms with Gasteiger partial charge in [-0.05, 0) is 31.9 Å². The van der Waals surface area contributed by atoms with Gasteiger partial charge in [0.1, 0.15) is 14.3 Å². The fraction of sp³-hybridized carbons (Fsp3) is 0.444. The Hall–Kier alpha value is -0.980. The number of fused-ring (bicyclic) bond motifs is 1. The number of benzene rings is 1. The Kier molecular flexibility index (Phi) is 4.62. The molecule has 6 heteroatoms. The van der Waals surface area contributed by atoms with Crippen LogP contribution in [-0.2, 0) is 4.79 Å². The number of hydrogen-bond acceptors (Lipinski definition) is 5. The summed E-state index contributed by atoms with van der Waals surface area (Å²) in [7, 11) is 0. The van der Waals surface area contributed by atoms with Crippen LogP contribution in [0, 0.1) is 0 Å². The highest BCUT2D eigenvalue weighted by atomic mass is 32.2. The summed E-state index contributed by atoms with van der Waals surface area (Å²) in [6.45, 7) is 2.98. The summed E-state index contributed by atoms with van der Waals surface area (Å²) in [4.78, 5) is 19.3. The molecule has 0 bridgehead atoms. The molecule has 126 valence electrons. The van der Waals surface area contributed by atoms with Crippen molar-refractivity contribution in [3.8, 4) is 0 Å². The van der Waals surface area contributed by atoms with Crippen molar-refractivity contribution < 1.29 is 4.79 Å². The smallest absolute Gasteiger partial charge is 0.269 e. The molecule has 1 aliphatic carbocycles. The molecule has 0 aromatic heterocycles. The first-order chi connectivity index (χ1) is 11.7. The van der Waals surface area contributed by atoms with Gasteiger partial charge in [-0.1, -0.05) is 67.1 Å². The van der Waals surface area contributed by atoms with E-state index in [2.05, 4.69) is 36.1 Å². The van der Waals surface area contributed by atoms with Crippen molar-refractivity contribution in [3.05, 3.63) is 34.2 Å². The molecule has 0 N–H and O–H groups in total. The summed E-state index contributed by atoms with van der Waals surface area (Å²) in [5.41, 5.74) is 1.20. The van der Waals surface area contributed by atoms with Gasteiger partial charge in [-0.2, -0.15) is 0 Å². The Bertz CT molecular complexity index is 725. The molecular formula is C18H20N2OS3. The van der Waals surface area contributed by atoms with Crippen molar-refractivity contribution in [3.63, 3.8) is 0 Å². The lowest BCUT2D eigenvalue weighted by Crippen LogP contribution is -2.40. The number of nitrogens with zero attached hydrogens (tertiary/aromatic N) is 2. The Morgan fingerprint density at radius 2 is 1.92 bits per heavy atom. The van der Waals surface area contributed by atoms with Gasteiger partial charge in [0.15, 0.2) is 0 Å². The lowest BCUT2D eigenvalue weighted by Gasteiger charge is -2.30. The van der Waals surface area contributed by atoms with Crippen molar-refractivity contribution in [2.45, 2.75) is 50.0 Å². The molecule has 3 aliphatic rings. The van der Waals surface area contributed by atoms with Crippen molar-refractivity contribution in [1.29, 1.82) is 0 Å². The van der Waals surface area contributed by atoms with E-state index < -0.39 is 0 Å². The topological polar surface area (TPSA) is 23.6 Å². The Morgan fingerprint density at radius 3 is 2.67 bits per heavy atom. The third-order valence-electron chi connectivity index (χ3n) is 4.86. The highest BCUT2D eigenvalue weighted by molar-refractivity contribution is 8.27. The monoisotopic (exact) mass is 376 g/mol. The Balaban J connectivity index is 1.68. The van der Waals surface area contributed by atoms with Crippen LogP contribution < -0.4 is 4.90 Å². The van der Waals surface area contributed by atoms with Gasteiger partial charge in [0.05, 0.1) is 5.69 Å². The standard InChI is InChI=1S/C18H20N2OS3/c1-2-19-13-10-6-7-11-14(13)23-17(19)15-16(21)20(18(22)24-15)12-8-4-3-5-9-12/h6-7,10-12H,2-5,8-9H2,1H3. The van der Waals surface area contributed by atoms with Gasteiger partial charge in [-0.25, -0.2) is 0 Å². The van der Waals surface area contributed by atoms with E-state index >= 15 is 0 Å². The largest absolute Gasteiger partial charge is 0.334 e. The average molecular weight is 377 g/mol. The van der Waals surface area contributed by atoms with Crippen molar-refractivity contribution >= 4 is 51.7 Å². The molecule has 0 spiro atoms. The van der Waals surface area contributed by atoms with Crippen LogP contribution in [0.2, 0.25) is 0 Å². The molecule has 1 saturated carbocycles. The lowest BCUT2D eigenvalue weighted by atomic mass is 9.94. The normalized spacial score (nSPS) is 24.9. The second-order valence-electron chi connectivity index (χ2n) is 6.28. The molecule has 0 atom stereocenters. The minimum atomic E-state index is 0.116.